The van der Waals surface area contributed by atoms with Crippen molar-refractivity contribution in [3.05, 3.63) is 29.8 Å². The summed E-state index contributed by atoms with van der Waals surface area (Å²) in [5.41, 5.74) is 0.921. The van der Waals surface area contributed by atoms with Gasteiger partial charge in [0.2, 0.25) is 0 Å². The minimum atomic E-state index is -0.280. The van der Waals surface area contributed by atoms with E-state index in [2.05, 4.69) is 0 Å². The van der Waals surface area contributed by atoms with Gasteiger partial charge >= 0.3 is 5.97 Å². The van der Waals surface area contributed by atoms with Gasteiger partial charge in [-0.3, -0.25) is 4.79 Å². The fourth-order valence-corrected chi connectivity index (χ4v) is 1.26. The molecule has 1 fully saturated rings. The summed E-state index contributed by atoms with van der Waals surface area (Å²) < 4.78 is 15.5. The molecule has 0 aliphatic carbocycles. The zero-order chi connectivity index (χ0) is 11.4. The summed E-state index contributed by atoms with van der Waals surface area (Å²) in [7, 11) is 0. The molecule has 0 bridgehead atoms. The van der Waals surface area contributed by atoms with Crippen molar-refractivity contribution in [3.63, 3.8) is 0 Å². The van der Waals surface area contributed by atoms with Crippen LogP contribution < -0.4 is 4.74 Å². The molecule has 16 heavy (non-hydrogen) atoms. The topological polar surface area (TPSA) is 48.1 Å². The number of carbonyl (C=O) groups is 1. The zero-order valence-electron chi connectivity index (χ0n) is 9.14. The molecule has 1 saturated heterocycles. The minimum absolute atomic E-state index is 0.247. The molecule has 0 N–H and O–H groups in total. The summed E-state index contributed by atoms with van der Waals surface area (Å²) in [6.07, 6.45) is 0.247. The molecule has 4 nitrogen and oxygen atoms in total. The molecule has 0 saturated carbocycles. The van der Waals surface area contributed by atoms with Gasteiger partial charge in [0.25, 0.3) is 0 Å². The van der Waals surface area contributed by atoms with Gasteiger partial charge in [-0.2, -0.15) is 0 Å². The van der Waals surface area contributed by atoms with Crippen LogP contribution in [-0.2, 0) is 20.9 Å². The smallest absolute Gasteiger partial charge is 0.302 e. The van der Waals surface area contributed by atoms with Crippen LogP contribution in [0, 0.1) is 0 Å². The first-order valence-corrected chi connectivity index (χ1v) is 5.21. The molecule has 1 aromatic rings. The van der Waals surface area contributed by atoms with Gasteiger partial charge in [0.05, 0.1) is 6.61 Å². The Morgan fingerprint density at radius 3 is 3.06 bits per heavy atom. The lowest BCUT2D eigenvalue weighted by atomic mass is 10.2. The number of hydrogen-bond acceptors (Lipinski definition) is 4. The quantitative estimate of drug-likeness (QED) is 0.560. The number of ether oxygens (including phenoxy) is 3. The van der Waals surface area contributed by atoms with Gasteiger partial charge in [0.15, 0.2) is 0 Å². The van der Waals surface area contributed by atoms with Crippen molar-refractivity contribution in [3.8, 4) is 5.75 Å². The fourth-order valence-electron chi connectivity index (χ4n) is 1.26. The molecule has 1 atom stereocenters. The molecule has 1 aliphatic rings. The van der Waals surface area contributed by atoms with Crippen LogP contribution in [0.1, 0.15) is 12.5 Å². The minimum Gasteiger partial charge on any atom is -0.491 e. The second-order valence-electron chi connectivity index (χ2n) is 3.69. The van der Waals surface area contributed by atoms with E-state index in [1.54, 1.807) is 0 Å². The van der Waals surface area contributed by atoms with Crippen molar-refractivity contribution in [1.82, 2.24) is 0 Å². The number of esters is 1. The third kappa shape index (κ3) is 3.55. The van der Waals surface area contributed by atoms with Gasteiger partial charge in [0, 0.05) is 6.92 Å². The third-order valence-corrected chi connectivity index (χ3v) is 2.18. The lowest BCUT2D eigenvalue weighted by molar-refractivity contribution is -0.142. The number of benzene rings is 1. The zero-order valence-corrected chi connectivity index (χ0v) is 9.14. The van der Waals surface area contributed by atoms with Crippen molar-refractivity contribution in [2.75, 3.05) is 13.2 Å². The van der Waals surface area contributed by atoms with E-state index >= 15 is 0 Å². The van der Waals surface area contributed by atoms with E-state index in [4.69, 9.17) is 14.2 Å². The van der Waals surface area contributed by atoms with E-state index in [0.29, 0.717) is 6.61 Å². The van der Waals surface area contributed by atoms with Crippen LogP contribution in [0.5, 0.6) is 5.75 Å². The van der Waals surface area contributed by atoms with Gasteiger partial charge in [-0.05, 0) is 17.7 Å². The summed E-state index contributed by atoms with van der Waals surface area (Å²) in [6.45, 7) is 3.04. The molecule has 0 aromatic heterocycles. The van der Waals surface area contributed by atoms with Crippen molar-refractivity contribution in [1.29, 1.82) is 0 Å². The van der Waals surface area contributed by atoms with Crippen LogP contribution >= 0.6 is 0 Å². The first-order valence-electron chi connectivity index (χ1n) is 5.21. The monoisotopic (exact) mass is 222 g/mol. The third-order valence-electron chi connectivity index (χ3n) is 2.18. The molecular formula is C12H14O4. The van der Waals surface area contributed by atoms with Crippen LogP contribution in [0.25, 0.3) is 0 Å². The van der Waals surface area contributed by atoms with Crippen molar-refractivity contribution >= 4 is 5.97 Å². The number of rotatable bonds is 5. The molecule has 2 rings (SSSR count). The molecule has 0 radical (unpaired) electrons. The maximum atomic E-state index is 10.7. The highest BCUT2D eigenvalue weighted by atomic mass is 16.6. The average molecular weight is 222 g/mol. The summed E-state index contributed by atoms with van der Waals surface area (Å²) in [6, 6.07) is 7.51. The SMILES string of the molecule is CC(=O)OCc1cccc(OCC2CO2)c1. The van der Waals surface area contributed by atoms with Gasteiger partial charge < -0.3 is 14.2 Å². The molecule has 86 valence electrons. The Morgan fingerprint density at radius 2 is 2.38 bits per heavy atom. The highest BCUT2D eigenvalue weighted by molar-refractivity contribution is 5.65. The van der Waals surface area contributed by atoms with Crippen molar-refractivity contribution in [2.45, 2.75) is 19.6 Å². The first-order chi connectivity index (χ1) is 7.74. The molecule has 1 unspecified atom stereocenters. The molecule has 0 spiro atoms. The van der Waals surface area contributed by atoms with Gasteiger partial charge in [-0.25, -0.2) is 0 Å². The first kappa shape index (κ1) is 11.0. The van der Waals surface area contributed by atoms with Crippen LogP contribution in [0.15, 0.2) is 24.3 Å². The van der Waals surface area contributed by atoms with Gasteiger partial charge in [0.1, 0.15) is 25.1 Å². The Kier molecular flexibility index (Phi) is 3.41. The van der Waals surface area contributed by atoms with Crippen molar-refractivity contribution in [2.24, 2.45) is 0 Å². The highest BCUT2D eigenvalue weighted by Gasteiger charge is 2.22. The van der Waals surface area contributed by atoms with Crippen LogP contribution in [-0.4, -0.2) is 25.3 Å². The standard InChI is InChI=1S/C12H14O4/c1-9(13)14-6-10-3-2-4-11(5-10)15-7-12-8-16-12/h2-5,12H,6-8H2,1H3. The van der Waals surface area contributed by atoms with Crippen LogP contribution in [0.2, 0.25) is 0 Å². The average Bonchev–Trinajstić information content (AvgIpc) is 3.08. The predicted molar refractivity (Wildman–Crippen MR) is 57.1 cm³/mol. The van der Waals surface area contributed by atoms with Crippen LogP contribution in [0.4, 0.5) is 0 Å². The molecule has 0 amide bonds. The fraction of sp³-hybridized carbons (Fsp3) is 0.417. The summed E-state index contributed by atoms with van der Waals surface area (Å²) in [5, 5.41) is 0. The summed E-state index contributed by atoms with van der Waals surface area (Å²) in [4.78, 5) is 10.7. The normalized spacial score (nSPS) is 17.9. The Morgan fingerprint density at radius 1 is 1.56 bits per heavy atom. The van der Waals surface area contributed by atoms with Gasteiger partial charge in [-0.15, -0.1) is 0 Å². The van der Waals surface area contributed by atoms with E-state index in [1.165, 1.54) is 6.92 Å². The van der Waals surface area contributed by atoms with E-state index in [9.17, 15) is 4.79 Å². The lowest BCUT2D eigenvalue weighted by Crippen LogP contribution is -2.04. The lowest BCUT2D eigenvalue weighted by Gasteiger charge is -2.06. The van der Waals surface area contributed by atoms with Gasteiger partial charge in [-0.1, -0.05) is 12.1 Å². The highest BCUT2D eigenvalue weighted by Crippen LogP contribution is 2.17. The Hall–Kier alpha value is -1.55. The molecule has 4 heteroatoms. The molecule has 1 aromatic carbocycles. The molecule has 1 aliphatic heterocycles. The van der Waals surface area contributed by atoms with Crippen molar-refractivity contribution < 1.29 is 19.0 Å². The largest absolute Gasteiger partial charge is 0.491 e. The summed E-state index contributed by atoms with van der Waals surface area (Å²) >= 11 is 0. The number of carbonyl (C=O) groups excluding carboxylic acids is 1. The second-order valence-corrected chi connectivity index (χ2v) is 3.69. The Bertz CT molecular complexity index is 371. The maximum Gasteiger partial charge on any atom is 0.302 e. The van der Waals surface area contributed by atoms with E-state index in [-0.39, 0.29) is 18.7 Å². The molecule has 1 heterocycles. The maximum absolute atomic E-state index is 10.7. The Labute approximate surface area is 94.1 Å². The van der Waals surface area contributed by atoms with E-state index < -0.39 is 0 Å². The summed E-state index contributed by atoms with van der Waals surface area (Å²) in [5.74, 6) is 0.498. The number of epoxide rings is 1. The van der Waals surface area contributed by atoms with Crippen LogP contribution in [0.3, 0.4) is 0 Å². The predicted octanol–water partition coefficient (Wildman–Crippen LogP) is 1.53. The van der Waals surface area contributed by atoms with E-state index in [1.807, 2.05) is 24.3 Å². The van der Waals surface area contributed by atoms with E-state index in [0.717, 1.165) is 17.9 Å². The Balaban J connectivity index is 1.87. The number of hydrogen-bond donors (Lipinski definition) is 0. The molecular weight excluding hydrogens is 208 g/mol. The second kappa shape index (κ2) is 4.99.